The van der Waals surface area contributed by atoms with Gasteiger partial charge in [-0.3, -0.25) is 0 Å². The summed E-state index contributed by atoms with van der Waals surface area (Å²) in [4.78, 5) is 12.1. The quantitative estimate of drug-likeness (QED) is 0.829. The molecule has 4 nitrogen and oxygen atoms in total. The third kappa shape index (κ3) is 4.43. The highest BCUT2D eigenvalue weighted by atomic mass is 35.5. The summed E-state index contributed by atoms with van der Waals surface area (Å²) in [7, 11) is 1.33. The molecule has 20 heavy (non-hydrogen) atoms. The highest BCUT2D eigenvalue weighted by Gasteiger charge is 2.02. The standard InChI is InChI=1S/C14H14ClNO3S/c1-18-14(17)8-19-12-4-2-11(3-5-12)16-7-13-6-10(15)9-20-13/h2-6,9,16H,7-8H2,1H3. The molecule has 2 rings (SSSR count). The van der Waals surface area contributed by atoms with Gasteiger partial charge in [-0.15, -0.1) is 11.3 Å². The van der Waals surface area contributed by atoms with Crippen molar-refractivity contribution in [2.45, 2.75) is 6.54 Å². The van der Waals surface area contributed by atoms with Crippen molar-refractivity contribution in [3.8, 4) is 5.75 Å². The molecule has 106 valence electrons. The Bertz CT molecular complexity index is 568. The van der Waals surface area contributed by atoms with Gasteiger partial charge >= 0.3 is 5.97 Å². The zero-order valence-electron chi connectivity index (χ0n) is 10.9. The Morgan fingerprint density at radius 1 is 1.35 bits per heavy atom. The first-order chi connectivity index (χ1) is 9.67. The van der Waals surface area contributed by atoms with E-state index in [9.17, 15) is 4.79 Å². The van der Waals surface area contributed by atoms with E-state index in [1.54, 1.807) is 23.5 Å². The molecular formula is C14H14ClNO3S. The van der Waals surface area contributed by atoms with Crippen molar-refractivity contribution in [3.05, 3.63) is 45.6 Å². The molecule has 0 aliphatic heterocycles. The van der Waals surface area contributed by atoms with E-state index in [0.717, 1.165) is 17.3 Å². The summed E-state index contributed by atoms with van der Waals surface area (Å²) >= 11 is 7.48. The van der Waals surface area contributed by atoms with E-state index in [0.29, 0.717) is 5.75 Å². The Hall–Kier alpha value is -1.72. The molecule has 1 N–H and O–H groups in total. The number of carbonyl (C=O) groups excluding carboxylic acids is 1. The number of rotatable bonds is 6. The molecule has 1 aromatic carbocycles. The molecule has 0 radical (unpaired) electrons. The molecule has 0 amide bonds. The van der Waals surface area contributed by atoms with Crippen LogP contribution >= 0.6 is 22.9 Å². The highest BCUT2D eigenvalue weighted by Crippen LogP contribution is 2.21. The fourth-order valence-corrected chi connectivity index (χ4v) is 2.52. The summed E-state index contributed by atoms with van der Waals surface area (Å²) in [6, 6.07) is 9.32. The van der Waals surface area contributed by atoms with Crippen molar-refractivity contribution in [1.29, 1.82) is 0 Å². The van der Waals surface area contributed by atoms with E-state index >= 15 is 0 Å². The number of methoxy groups -OCH3 is 1. The monoisotopic (exact) mass is 311 g/mol. The number of nitrogens with one attached hydrogen (secondary N) is 1. The van der Waals surface area contributed by atoms with Gasteiger partial charge in [-0.1, -0.05) is 11.6 Å². The summed E-state index contributed by atoms with van der Waals surface area (Å²) in [5, 5.41) is 5.95. The van der Waals surface area contributed by atoms with Gasteiger partial charge in [0.15, 0.2) is 6.61 Å². The summed E-state index contributed by atoms with van der Waals surface area (Å²) in [5.41, 5.74) is 0.972. The van der Waals surface area contributed by atoms with Gasteiger partial charge in [-0.2, -0.15) is 0 Å². The largest absolute Gasteiger partial charge is 0.482 e. The van der Waals surface area contributed by atoms with Crippen LogP contribution in [0, 0.1) is 0 Å². The van der Waals surface area contributed by atoms with E-state index in [1.807, 2.05) is 23.6 Å². The second-order valence-corrected chi connectivity index (χ2v) is 5.41. The number of benzene rings is 1. The van der Waals surface area contributed by atoms with Crippen LogP contribution in [0.2, 0.25) is 5.02 Å². The van der Waals surface area contributed by atoms with Crippen LogP contribution in [0.5, 0.6) is 5.75 Å². The van der Waals surface area contributed by atoms with Crippen LogP contribution in [0.1, 0.15) is 4.88 Å². The maximum Gasteiger partial charge on any atom is 0.343 e. The summed E-state index contributed by atoms with van der Waals surface area (Å²) in [6.07, 6.45) is 0. The molecule has 1 heterocycles. The number of halogens is 1. The van der Waals surface area contributed by atoms with Crippen LogP contribution in [-0.2, 0) is 16.1 Å². The molecule has 0 bridgehead atoms. The topological polar surface area (TPSA) is 47.6 Å². The van der Waals surface area contributed by atoms with Crippen molar-refractivity contribution < 1.29 is 14.3 Å². The fraction of sp³-hybridized carbons (Fsp3) is 0.214. The molecule has 0 atom stereocenters. The molecule has 0 fully saturated rings. The van der Waals surface area contributed by atoms with Crippen molar-refractivity contribution in [3.63, 3.8) is 0 Å². The number of hydrogen-bond donors (Lipinski definition) is 1. The van der Waals surface area contributed by atoms with Gasteiger partial charge in [0.05, 0.1) is 12.1 Å². The summed E-state index contributed by atoms with van der Waals surface area (Å²) in [6.45, 7) is 0.636. The molecule has 6 heteroatoms. The van der Waals surface area contributed by atoms with E-state index < -0.39 is 5.97 Å². The first-order valence-electron chi connectivity index (χ1n) is 5.94. The fourth-order valence-electron chi connectivity index (χ4n) is 1.51. The van der Waals surface area contributed by atoms with Crippen molar-refractivity contribution in [2.24, 2.45) is 0 Å². The van der Waals surface area contributed by atoms with Gasteiger partial charge in [0.1, 0.15) is 5.75 Å². The van der Waals surface area contributed by atoms with Crippen molar-refractivity contribution >= 4 is 34.6 Å². The second-order valence-electron chi connectivity index (χ2n) is 3.97. The zero-order valence-corrected chi connectivity index (χ0v) is 12.5. The SMILES string of the molecule is COC(=O)COc1ccc(NCc2cc(Cl)cs2)cc1. The molecular weight excluding hydrogens is 298 g/mol. The van der Waals surface area contributed by atoms with E-state index in [4.69, 9.17) is 16.3 Å². The number of anilines is 1. The maximum atomic E-state index is 10.9. The Morgan fingerprint density at radius 2 is 2.10 bits per heavy atom. The van der Waals surface area contributed by atoms with Crippen LogP contribution in [0.4, 0.5) is 5.69 Å². The molecule has 1 aromatic heterocycles. The lowest BCUT2D eigenvalue weighted by molar-refractivity contribution is -0.142. The van der Waals surface area contributed by atoms with Crippen molar-refractivity contribution in [2.75, 3.05) is 19.0 Å². The van der Waals surface area contributed by atoms with Gasteiger partial charge in [0.25, 0.3) is 0 Å². The third-order valence-electron chi connectivity index (χ3n) is 2.53. The van der Waals surface area contributed by atoms with Crippen molar-refractivity contribution in [1.82, 2.24) is 0 Å². The van der Waals surface area contributed by atoms with Crippen LogP contribution in [0.15, 0.2) is 35.7 Å². The molecule has 0 spiro atoms. The van der Waals surface area contributed by atoms with E-state index in [1.165, 1.54) is 12.0 Å². The molecule has 0 saturated carbocycles. The summed E-state index contributed by atoms with van der Waals surface area (Å²) < 4.78 is 9.76. The first-order valence-corrected chi connectivity index (χ1v) is 7.19. The summed E-state index contributed by atoms with van der Waals surface area (Å²) in [5.74, 6) is 0.224. The maximum absolute atomic E-state index is 10.9. The van der Waals surface area contributed by atoms with Gasteiger partial charge in [0, 0.05) is 22.5 Å². The molecule has 2 aromatic rings. The van der Waals surface area contributed by atoms with Crippen LogP contribution in [0.3, 0.4) is 0 Å². The van der Waals surface area contributed by atoms with Crippen LogP contribution in [-0.4, -0.2) is 19.7 Å². The Labute approximate surface area is 126 Å². The number of esters is 1. The minimum absolute atomic E-state index is 0.0863. The molecule has 0 aliphatic carbocycles. The average Bonchev–Trinajstić information content (AvgIpc) is 2.89. The number of carbonyl (C=O) groups is 1. The van der Waals surface area contributed by atoms with Crippen LogP contribution in [0.25, 0.3) is 0 Å². The minimum Gasteiger partial charge on any atom is -0.482 e. The minimum atomic E-state index is -0.401. The zero-order chi connectivity index (χ0) is 14.4. The Balaban J connectivity index is 1.83. The lowest BCUT2D eigenvalue weighted by Crippen LogP contribution is -2.12. The molecule has 0 saturated heterocycles. The Morgan fingerprint density at radius 3 is 2.70 bits per heavy atom. The smallest absolute Gasteiger partial charge is 0.343 e. The first kappa shape index (κ1) is 14.7. The predicted molar refractivity (Wildman–Crippen MR) is 80.6 cm³/mol. The van der Waals surface area contributed by atoms with E-state index in [2.05, 4.69) is 10.1 Å². The van der Waals surface area contributed by atoms with Gasteiger partial charge < -0.3 is 14.8 Å². The van der Waals surface area contributed by atoms with Gasteiger partial charge in [-0.05, 0) is 30.3 Å². The Kier molecular flexibility index (Phi) is 5.26. The van der Waals surface area contributed by atoms with Crippen LogP contribution < -0.4 is 10.1 Å². The lowest BCUT2D eigenvalue weighted by Gasteiger charge is -2.07. The molecule has 0 aliphatic rings. The van der Waals surface area contributed by atoms with E-state index in [-0.39, 0.29) is 6.61 Å². The number of thiophene rings is 1. The molecule has 0 unspecified atom stereocenters. The normalized spacial score (nSPS) is 10.1. The third-order valence-corrected chi connectivity index (χ3v) is 3.81. The lowest BCUT2D eigenvalue weighted by atomic mass is 10.3. The number of ether oxygens (including phenoxy) is 2. The highest BCUT2D eigenvalue weighted by molar-refractivity contribution is 7.10. The van der Waals surface area contributed by atoms with Gasteiger partial charge in [0.2, 0.25) is 0 Å². The predicted octanol–water partition coefficient (Wildman–Crippen LogP) is 3.57. The average molecular weight is 312 g/mol. The number of hydrogen-bond acceptors (Lipinski definition) is 5. The second kappa shape index (κ2) is 7.17. The van der Waals surface area contributed by atoms with Gasteiger partial charge in [-0.25, -0.2) is 4.79 Å².